The van der Waals surface area contributed by atoms with E-state index in [1.165, 1.54) is 0 Å². The molecule has 11 rings (SSSR count). The molecule has 4 nitrogen and oxygen atoms in total. The summed E-state index contributed by atoms with van der Waals surface area (Å²) in [5, 5.41) is 16.0. The molecule has 0 saturated carbocycles. The van der Waals surface area contributed by atoms with Crippen LogP contribution in [0.2, 0.25) is 0 Å². The van der Waals surface area contributed by atoms with Crippen LogP contribution in [-0.4, -0.2) is 14.1 Å². The predicted octanol–water partition coefficient (Wildman–Crippen LogP) is 13.8. The average Bonchev–Trinajstić information content (AvgIpc) is 3.82. The molecule has 0 bridgehead atoms. The summed E-state index contributed by atoms with van der Waals surface area (Å²) in [7, 11) is 0. The Kier molecular flexibility index (Phi) is 7.84. The largest absolute Gasteiger partial charge is 0.308 e. The van der Waals surface area contributed by atoms with Crippen LogP contribution >= 0.6 is 0 Å². The van der Waals surface area contributed by atoms with Gasteiger partial charge < -0.3 is 9.13 Å². The number of nitrogens with zero attached hydrogens (tertiary/aromatic N) is 4. The Morgan fingerprint density at radius 3 is 1.24 bits per heavy atom. The van der Waals surface area contributed by atoms with Crippen LogP contribution in [0, 0.1) is 11.3 Å². The summed E-state index contributed by atoms with van der Waals surface area (Å²) in [6, 6.07) is 74.8. The van der Waals surface area contributed by atoms with Gasteiger partial charge in [-0.05, 0) is 59.2 Å². The van der Waals surface area contributed by atoms with Crippen LogP contribution in [0.5, 0.6) is 0 Å². The Morgan fingerprint density at radius 2 is 0.759 bits per heavy atom. The molecule has 0 saturated heterocycles. The lowest BCUT2D eigenvalue weighted by molar-refractivity contribution is 1.13. The molecule has 0 radical (unpaired) electrons. The number of benzene rings is 8. The fourth-order valence-corrected chi connectivity index (χ4v) is 8.84. The van der Waals surface area contributed by atoms with Crippen LogP contribution in [0.1, 0.15) is 5.56 Å². The van der Waals surface area contributed by atoms with Crippen molar-refractivity contribution in [3.63, 3.8) is 0 Å². The fourth-order valence-electron chi connectivity index (χ4n) is 8.84. The van der Waals surface area contributed by atoms with Gasteiger partial charge in [0.15, 0.2) is 0 Å². The van der Waals surface area contributed by atoms with E-state index in [-0.39, 0.29) is 0 Å². The second kappa shape index (κ2) is 13.6. The van der Waals surface area contributed by atoms with Gasteiger partial charge in [-0.25, -0.2) is 4.98 Å². The highest BCUT2D eigenvalue weighted by atomic mass is 15.0. The maximum absolute atomic E-state index is 11.4. The predicted molar refractivity (Wildman–Crippen MR) is 239 cm³/mol. The van der Waals surface area contributed by atoms with Gasteiger partial charge in [-0.15, -0.1) is 0 Å². The van der Waals surface area contributed by atoms with Crippen LogP contribution in [0.4, 0.5) is 0 Å². The molecule has 0 aliphatic heterocycles. The van der Waals surface area contributed by atoms with E-state index in [1.807, 2.05) is 12.1 Å². The second-order valence-electron chi connectivity index (χ2n) is 14.6. The van der Waals surface area contributed by atoms with Gasteiger partial charge in [0.25, 0.3) is 0 Å². The topological polar surface area (TPSA) is 46.5 Å². The zero-order valence-corrected chi connectivity index (χ0v) is 31.4. The van der Waals surface area contributed by atoms with Crippen LogP contribution in [0.15, 0.2) is 206 Å². The molecule has 4 heteroatoms. The molecule has 0 aliphatic rings. The van der Waals surface area contributed by atoms with Crippen LogP contribution < -0.4 is 0 Å². The standard InChI is InChI=1S/C54H34N4/c55-35-40-32-45(47-34-39(36-18-4-1-5-19-36)33-46(56-47)37-20-6-2-7-21-37)54(58-50-30-16-12-26-43(50)44-27-13-17-31-51(44)58)52(38-22-8-3-9-23-38)53(40)57-48-28-14-10-24-41(48)42-25-11-15-29-49(42)57/h1-34H. The Labute approximate surface area is 335 Å². The third-order valence-electron chi connectivity index (χ3n) is 11.3. The summed E-state index contributed by atoms with van der Waals surface area (Å²) in [6.45, 7) is 0. The molecule has 0 fully saturated rings. The molecule has 0 spiro atoms. The maximum Gasteiger partial charge on any atom is 0.101 e. The molecule has 270 valence electrons. The van der Waals surface area contributed by atoms with Crippen molar-refractivity contribution in [1.29, 1.82) is 5.26 Å². The zero-order valence-electron chi connectivity index (χ0n) is 31.4. The Balaban J connectivity index is 1.38. The number of para-hydroxylation sites is 4. The first-order chi connectivity index (χ1) is 28.8. The number of fused-ring (bicyclic) bond motifs is 6. The number of aromatic nitrogens is 3. The van der Waals surface area contributed by atoms with Gasteiger partial charge in [-0.1, -0.05) is 164 Å². The van der Waals surface area contributed by atoms with E-state index in [1.54, 1.807) is 0 Å². The normalized spacial score (nSPS) is 11.4. The summed E-state index contributed by atoms with van der Waals surface area (Å²) in [6.07, 6.45) is 0. The average molecular weight is 739 g/mol. The Morgan fingerprint density at radius 1 is 0.362 bits per heavy atom. The zero-order chi connectivity index (χ0) is 38.6. The summed E-state index contributed by atoms with van der Waals surface area (Å²) < 4.78 is 4.70. The number of nitriles is 1. The molecule has 58 heavy (non-hydrogen) atoms. The van der Waals surface area contributed by atoms with E-state index in [2.05, 4.69) is 209 Å². The third kappa shape index (κ3) is 5.26. The van der Waals surface area contributed by atoms with Gasteiger partial charge >= 0.3 is 0 Å². The highest BCUT2D eigenvalue weighted by Gasteiger charge is 2.28. The van der Waals surface area contributed by atoms with Gasteiger partial charge in [0.1, 0.15) is 6.07 Å². The molecular weight excluding hydrogens is 705 g/mol. The van der Waals surface area contributed by atoms with Crippen molar-refractivity contribution >= 4 is 43.6 Å². The summed E-state index contributed by atoms with van der Waals surface area (Å²) in [5.74, 6) is 0. The molecule has 8 aromatic carbocycles. The van der Waals surface area contributed by atoms with Gasteiger partial charge in [0, 0.05) is 38.2 Å². The summed E-state index contributed by atoms with van der Waals surface area (Å²) in [4.78, 5) is 5.50. The van der Waals surface area contributed by atoms with E-state index in [9.17, 15) is 5.26 Å². The van der Waals surface area contributed by atoms with E-state index in [0.717, 1.165) is 99.8 Å². The minimum Gasteiger partial charge on any atom is -0.308 e. The van der Waals surface area contributed by atoms with Gasteiger partial charge in [0.2, 0.25) is 0 Å². The Bertz CT molecular complexity index is 3220. The fraction of sp³-hybridized carbons (Fsp3) is 0. The summed E-state index contributed by atoms with van der Waals surface area (Å²) >= 11 is 0. The molecule has 3 aromatic heterocycles. The lowest BCUT2D eigenvalue weighted by Crippen LogP contribution is -2.09. The number of hydrogen-bond acceptors (Lipinski definition) is 2. The molecule has 0 amide bonds. The van der Waals surface area contributed by atoms with Gasteiger partial charge in [0.05, 0.1) is 50.4 Å². The summed E-state index contributed by atoms with van der Waals surface area (Å²) in [5.41, 5.74) is 14.1. The molecule has 0 atom stereocenters. The number of rotatable bonds is 6. The van der Waals surface area contributed by atoms with Crippen LogP contribution in [0.3, 0.4) is 0 Å². The first kappa shape index (κ1) is 33.3. The molecule has 0 aliphatic carbocycles. The van der Waals surface area contributed by atoms with Crippen LogP contribution in [0.25, 0.3) is 99.8 Å². The molecule has 3 heterocycles. The van der Waals surface area contributed by atoms with Crippen molar-refractivity contribution in [2.45, 2.75) is 0 Å². The minimum atomic E-state index is 0.554. The quantitative estimate of drug-likeness (QED) is 0.170. The lowest BCUT2D eigenvalue weighted by Gasteiger charge is -2.25. The van der Waals surface area contributed by atoms with E-state index >= 15 is 0 Å². The van der Waals surface area contributed by atoms with Crippen molar-refractivity contribution in [2.75, 3.05) is 0 Å². The third-order valence-corrected chi connectivity index (χ3v) is 11.3. The van der Waals surface area contributed by atoms with Crippen molar-refractivity contribution in [1.82, 2.24) is 14.1 Å². The molecular formula is C54H34N4. The first-order valence-corrected chi connectivity index (χ1v) is 19.5. The van der Waals surface area contributed by atoms with Crippen molar-refractivity contribution in [3.05, 3.63) is 212 Å². The smallest absolute Gasteiger partial charge is 0.101 e. The second-order valence-corrected chi connectivity index (χ2v) is 14.6. The lowest BCUT2D eigenvalue weighted by atomic mass is 9.91. The highest BCUT2D eigenvalue weighted by molar-refractivity contribution is 6.13. The number of pyridine rings is 1. The maximum atomic E-state index is 11.4. The number of hydrogen-bond donors (Lipinski definition) is 0. The SMILES string of the molecule is N#Cc1cc(-c2cc(-c3ccccc3)cc(-c3ccccc3)n2)c(-n2c3ccccc3c3ccccc32)c(-c2ccccc2)c1-n1c2ccccc2c2ccccc21. The van der Waals surface area contributed by atoms with Crippen molar-refractivity contribution in [3.8, 4) is 62.2 Å². The van der Waals surface area contributed by atoms with E-state index in [0.29, 0.717) is 5.56 Å². The van der Waals surface area contributed by atoms with Crippen LogP contribution in [-0.2, 0) is 0 Å². The van der Waals surface area contributed by atoms with Gasteiger partial charge in [-0.2, -0.15) is 5.26 Å². The minimum absolute atomic E-state index is 0.554. The molecule has 0 N–H and O–H groups in total. The molecule has 11 aromatic rings. The van der Waals surface area contributed by atoms with Crippen molar-refractivity contribution in [2.24, 2.45) is 0 Å². The monoisotopic (exact) mass is 738 g/mol. The first-order valence-electron chi connectivity index (χ1n) is 19.5. The van der Waals surface area contributed by atoms with Gasteiger partial charge in [-0.3, -0.25) is 0 Å². The molecule has 0 unspecified atom stereocenters. The van der Waals surface area contributed by atoms with Crippen molar-refractivity contribution < 1.29 is 0 Å². The van der Waals surface area contributed by atoms with E-state index < -0.39 is 0 Å². The Hall–Kier alpha value is -8.00. The highest BCUT2D eigenvalue weighted by Crippen LogP contribution is 2.47. The van der Waals surface area contributed by atoms with E-state index in [4.69, 9.17) is 4.98 Å².